The number of thioether (sulfide) groups is 1. The van der Waals surface area contributed by atoms with Gasteiger partial charge in [0.25, 0.3) is 0 Å². The molecule has 3 rings (SSSR count). The smallest absolute Gasteiger partial charge is 0.338 e. The minimum Gasteiger partial charge on any atom is -0.490 e. The summed E-state index contributed by atoms with van der Waals surface area (Å²) in [6.07, 6.45) is 0. The van der Waals surface area contributed by atoms with Crippen LogP contribution >= 0.6 is 23.4 Å². The lowest BCUT2D eigenvalue weighted by atomic mass is 10.2. The maximum Gasteiger partial charge on any atom is 0.338 e. The quantitative estimate of drug-likeness (QED) is 0.630. The molecule has 2 aromatic carbocycles. The molecule has 0 spiro atoms. The van der Waals surface area contributed by atoms with Crippen LogP contribution in [0.3, 0.4) is 0 Å². The second-order valence-electron chi connectivity index (χ2n) is 5.40. The molecule has 1 unspecified atom stereocenters. The van der Waals surface area contributed by atoms with Crippen LogP contribution in [0.25, 0.3) is 0 Å². The van der Waals surface area contributed by atoms with Crippen molar-refractivity contribution in [1.82, 2.24) is 0 Å². The van der Waals surface area contributed by atoms with Crippen molar-refractivity contribution < 1.29 is 19.1 Å². The van der Waals surface area contributed by atoms with Gasteiger partial charge in [0, 0.05) is 9.92 Å². The van der Waals surface area contributed by atoms with Crippen LogP contribution in [0.15, 0.2) is 47.4 Å². The van der Waals surface area contributed by atoms with Crippen molar-refractivity contribution in [1.29, 1.82) is 0 Å². The van der Waals surface area contributed by atoms with Crippen LogP contribution in [0, 0.1) is 0 Å². The molecule has 130 valence electrons. The molecule has 0 fully saturated rings. The zero-order chi connectivity index (χ0) is 17.8. The van der Waals surface area contributed by atoms with E-state index in [0.29, 0.717) is 22.0 Å². The minimum atomic E-state index is -0.463. The van der Waals surface area contributed by atoms with Gasteiger partial charge < -0.3 is 14.8 Å². The fraction of sp³-hybridized carbons (Fsp3) is 0.222. The second kappa shape index (κ2) is 7.80. The van der Waals surface area contributed by atoms with Crippen LogP contribution in [-0.2, 0) is 9.53 Å². The van der Waals surface area contributed by atoms with Gasteiger partial charge in [0.05, 0.1) is 16.5 Å². The van der Waals surface area contributed by atoms with Gasteiger partial charge in [-0.05, 0) is 43.3 Å². The fourth-order valence-electron chi connectivity index (χ4n) is 2.27. The number of hydrogen-bond acceptors (Lipinski definition) is 5. The number of halogens is 1. The number of ether oxygens (including phenoxy) is 2. The van der Waals surface area contributed by atoms with E-state index in [1.807, 2.05) is 13.0 Å². The summed E-state index contributed by atoms with van der Waals surface area (Å²) >= 11 is 7.33. The van der Waals surface area contributed by atoms with Gasteiger partial charge in [-0.2, -0.15) is 0 Å². The van der Waals surface area contributed by atoms with Gasteiger partial charge in [-0.25, -0.2) is 4.79 Å². The standard InChI is InChI=1S/C18H16ClNO4S/c1-11-17(21)20-15-9-12(5-6-16(15)25-11)18(22)24-8-7-23-14-4-2-3-13(19)10-14/h2-6,9-11H,7-8H2,1H3,(H,20,21). The van der Waals surface area contributed by atoms with Gasteiger partial charge in [0.1, 0.15) is 19.0 Å². The Morgan fingerprint density at radius 1 is 1.24 bits per heavy atom. The van der Waals surface area contributed by atoms with Crippen molar-refractivity contribution in [2.45, 2.75) is 17.1 Å². The van der Waals surface area contributed by atoms with Crippen LogP contribution < -0.4 is 10.1 Å². The Morgan fingerprint density at radius 2 is 2.08 bits per heavy atom. The van der Waals surface area contributed by atoms with E-state index in [-0.39, 0.29) is 24.4 Å². The average molecular weight is 378 g/mol. The molecule has 0 saturated heterocycles. The molecule has 1 aliphatic rings. The lowest BCUT2D eigenvalue weighted by Gasteiger charge is -2.21. The Hall–Kier alpha value is -2.18. The molecule has 1 aliphatic heterocycles. The summed E-state index contributed by atoms with van der Waals surface area (Å²) in [5.74, 6) is 0.0829. The number of rotatable bonds is 5. The largest absolute Gasteiger partial charge is 0.490 e. The predicted molar refractivity (Wildman–Crippen MR) is 97.6 cm³/mol. The first-order chi connectivity index (χ1) is 12.0. The Morgan fingerprint density at radius 3 is 2.88 bits per heavy atom. The Kier molecular flexibility index (Phi) is 5.50. The van der Waals surface area contributed by atoms with Crippen molar-refractivity contribution in [2.75, 3.05) is 18.5 Å². The van der Waals surface area contributed by atoms with Gasteiger partial charge in [0.15, 0.2) is 0 Å². The topological polar surface area (TPSA) is 64.6 Å². The van der Waals surface area contributed by atoms with Gasteiger partial charge in [0.2, 0.25) is 5.91 Å². The number of carbonyl (C=O) groups excluding carboxylic acids is 2. The highest BCUT2D eigenvalue weighted by Gasteiger charge is 2.23. The zero-order valence-corrected chi connectivity index (χ0v) is 15.0. The number of amides is 1. The maximum absolute atomic E-state index is 12.1. The maximum atomic E-state index is 12.1. The molecule has 0 saturated carbocycles. The first-order valence-electron chi connectivity index (χ1n) is 7.70. The fourth-order valence-corrected chi connectivity index (χ4v) is 3.38. The monoisotopic (exact) mass is 377 g/mol. The summed E-state index contributed by atoms with van der Waals surface area (Å²) in [6.45, 7) is 2.17. The molecule has 25 heavy (non-hydrogen) atoms. The van der Waals surface area contributed by atoms with E-state index in [0.717, 1.165) is 4.90 Å². The second-order valence-corrected chi connectivity index (χ2v) is 7.22. The van der Waals surface area contributed by atoms with E-state index in [4.69, 9.17) is 21.1 Å². The minimum absolute atomic E-state index is 0.0714. The molecular formula is C18H16ClNO4S. The normalized spacial score (nSPS) is 15.9. The van der Waals surface area contributed by atoms with Crippen molar-refractivity contribution in [3.05, 3.63) is 53.1 Å². The lowest BCUT2D eigenvalue weighted by molar-refractivity contribution is -0.115. The summed E-state index contributed by atoms with van der Waals surface area (Å²) in [7, 11) is 0. The van der Waals surface area contributed by atoms with E-state index in [1.165, 1.54) is 11.8 Å². The average Bonchev–Trinajstić information content (AvgIpc) is 2.59. The molecule has 5 nitrogen and oxygen atoms in total. The lowest BCUT2D eigenvalue weighted by Crippen LogP contribution is -2.26. The van der Waals surface area contributed by atoms with Crippen LogP contribution in [-0.4, -0.2) is 30.3 Å². The highest BCUT2D eigenvalue weighted by atomic mass is 35.5. The molecule has 0 bridgehead atoms. The first kappa shape index (κ1) is 17.6. The van der Waals surface area contributed by atoms with Gasteiger partial charge >= 0.3 is 5.97 Å². The molecule has 7 heteroatoms. The number of nitrogens with one attached hydrogen (secondary N) is 1. The first-order valence-corrected chi connectivity index (χ1v) is 8.96. The molecule has 0 aliphatic carbocycles. The van der Waals surface area contributed by atoms with E-state index in [2.05, 4.69) is 5.32 Å². The van der Waals surface area contributed by atoms with Gasteiger partial charge in [-0.15, -0.1) is 11.8 Å². The Labute approximate surface area is 154 Å². The van der Waals surface area contributed by atoms with Crippen molar-refractivity contribution in [3.8, 4) is 5.75 Å². The van der Waals surface area contributed by atoms with Gasteiger partial charge in [-0.3, -0.25) is 4.79 Å². The highest BCUT2D eigenvalue weighted by Crippen LogP contribution is 2.36. The molecule has 0 radical (unpaired) electrons. The summed E-state index contributed by atoms with van der Waals surface area (Å²) in [6, 6.07) is 12.1. The molecule has 1 heterocycles. The predicted octanol–water partition coefficient (Wildman–Crippen LogP) is 4.01. The van der Waals surface area contributed by atoms with E-state index >= 15 is 0 Å². The molecular weight excluding hydrogens is 362 g/mol. The van der Waals surface area contributed by atoms with Crippen LogP contribution in [0.5, 0.6) is 5.75 Å². The molecule has 1 atom stereocenters. The number of benzene rings is 2. The molecule has 1 N–H and O–H groups in total. The van der Waals surface area contributed by atoms with Gasteiger partial charge in [-0.1, -0.05) is 17.7 Å². The molecule has 0 aromatic heterocycles. The Bertz CT molecular complexity index is 811. The summed E-state index contributed by atoms with van der Waals surface area (Å²) in [5.41, 5.74) is 1.02. The summed E-state index contributed by atoms with van der Waals surface area (Å²) in [4.78, 5) is 24.8. The van der Waals surface area contributed by atoms with Crippen LogP contribution in [0.4, 0.5) is 5.69 Å². The number of hydrogen-bond donors (Lipinski definition) is 1. The molecule has 2 aromatic rings. The van der Waals surface area contributed by atoms with E-state index < -0.39 is 5.97 Å². The van der Waals surface area contributed by atoms with Crippen molar-refractivity contribution in [3.63, 3.8) is 0 Å². The third kappa shape index (κ3) is 4.46. The van der Waals surface area contributed by atoms with Crippen molar-refractivity contribution in [2.24, 2.45) is 0 Å². The number of fused-ring (bicyclic) bond motifs is 1. The Balaban J connectivity index is 1.53. The number of anilines is 1. The third-order valence-corrected chi connectivity index (χ3v) is 4.94. The SMILES string of the molecule is CC1Sc2ccc(C(=O)OCCOc3cccc(Cl)c3)cc2NC1=O. The zero-order valence-electron chi connectivity index (χ0n) is 13.5. The van der Waals surface area contributed by atoms with E-state index in [9.17, 15) is 9.59 Å². The summed E-state index contributed by atoms with van der Waals surface area (Å²) < 4.78 is 10.7. The van der Waals surface area contributed by atoms with Crippen LogP contribution in [0.2, 0.25) is 5.02 Å². The van der Waals surface area contributed by atoms with E-state index in [1.54, 1.807) is 36.4 Å². The van der Waals surface area contributed by atoms with Crippen molar-refractivity contribution >= 4 is 40.9 Å². The number of carbonyl (C=O) groups is 2. The summed E-state index contributed by atoms with van der Waals surface area (Å²) in [5, 5.41) is 3.23. The highest BCUT2D eigenvalue weighted by molar-refractivity contribution is 8.00. The third-order valence-electron chi connectivity index (χ3n) is 3.53. The number of esters is 1. The van der Waals surface area contributed by atoms with Crippen LogP contribution in [0.1, 0.15) is 17.3 Å². The molecule has 1 amide bonds.